The smallest absolute Gasteiger partial charge is 0.143 e. The van der Waals surface area contributed by atoms with E-state index in [4.69, 9.17) is 10.6 Å². The lowest BCUT2D eigenvalue weighted by molar-refractivity contribution is 0.416. The molecule has 0 aromatic heterocycles. The Labute approximate surface area is 85.8 Å². The van der Waals surface area contributed by atoms with Gasteiger partial charge in [-0.2, -0.15) is 0 Å². The summed E-state index contributed by atoms with van der Waals surface area (Å²) in [5, 5.41) is 0. The van der Waals surface area contributed by atoms with Crippen LogP contribution in [0.4, 0.5) is 5.69 Å². The molecular formula is C7H10BrClN2O. The zero-order valence-corrected chi connectivity index (χ0v) is 8.91. The maximum Gasteiger partial charge on any atom is 0.143 e. The third-order valence-electron chi connectivity index (χ3n) is 1.32. The Hall–Kier alpha value is -0.450. The molecule has 3 N–H and O–H groups in total. The number of ether oxygens (including phenoxy) is 1. The molecule has 0 aliphatic rings. The number of nitrogens with one attached hydrogen (secondary N) is 1. The number of anilines is 1. The van der Waals surface area contributed by atoms with Gasteiger partial charge in [0, 0.05) is 4.47 Å². The van der Waals surface area contributed by atoms with E-state index in [0.717, 1.165) is 15.9 Å². The molecule has 0 aliphatic carbocycles. The topological polar surface area (TPSA) is 47.3 Å². The van der Waals surface area contributed by atoms with Gasteiger partial charge in [-0.15, -0.1) is 12.4 Å². The average Bonchev–Trinajstić information content (AvgIpc) is 2.04. The van der Waals surface area contributed by atoms with Crippen LogP contribution < -0.4 is 16.0 Å². The van der Waals surface area contributed by atoms with E-state index in [1.807, 2.05) is 18.2 Å². The predicted molar refractivity (Wildman–Crippen MR) is 55.8 cm³/mol. The molecule has 0 spiro atoms. The van der Waals surface area contributed by atoms with Crippen molar-refractivity contribution < 1.29 is 4.74 Å². The summed E-state index contributed by atoms with van der Waals surface area (Å²) >= 11 is 3.32. The van der Waals surface area contributed by atoms with Crippen LogP contribution in [-0.2, 0) is 0 Å². The van der Waals surface area contributed by atoms with Crippen molar-refractivity contribution in [2.45, 2.75) is 0 Å². The van der Waals surface area contributed by atoms with Crippen molar-refractivity contribution in [1.29, 1.82) is 0 Å². The van der Waals surface area contributed by atoms with Crippen molar-refractivity contribution in [2.24, 2.45) is 5.84 Å². The van der Waals surface area contributed by atoms with Crippen molar-refractivity contribution in [3.05, 3.63) is 22.7 Å². The van der Waals surface area contributed by atoms with Gasteiger partial charge >= 0.3 is 0 Å². The third kappa shape index (κ3) is 2.55. The number of benzene rings is 1. The molecule has 1 aromatic rings. The number of rotatable bonds is 2. The number of hydrazine groups is 1. The van der Waals surface area contributed by atoms with E-state index in [2.05, 4.69) is 21.4 Å². The fourth-order valence-electron chi connectivity index (χ4n) is 0.793. The summed E-state index contributed by atoms with van der Waals surface area (Å²) in [6, 6.07) is 5.57. The van der Waals surface area contributed by atoms with E-state index in [0.29, 0.717) is 0 Å². The highest BCUT2D eigenvalue weighted by Crippen LogP contribution is 2.26. The lowest BCUT2D eigenvalue weighted by Crippen LogP contribution is -2.07. The van der Waals surface area contributed by atoms with Crippen LogP contribution in [0.5, 0.6) is 5.75 Å². The van der Waals surface area contributed by atoms with Gasteiger partial charge in [-0.05, 0) is 18.2 Å². The Kier molecular flexibility index (Phi) is 5.04. The summed E-state index contributed by atoms with van der Waals surface area (Å²) in [5.41, 5.74) is 3.30. The lowest BCUT2D eigenvalue weighted by Gasteiger charge is -2.06. The molecule has 3 nitrogen and oxygen atoms in total. The summed E-state index contributed by atoms with van der Waals surface area (Å²) in [7, 11) is 1.60. The normalized spacial score (nSPS) is 8.58. The maximum absolute atomic E-state index is 5.24. The number of hydrogen-bond acceptors (Lipinski definition) is 3. The van der Waals surface area contributed by atoms with Gasteiger partial charge in [-0.3, -0.25) is 5.84 Å². The van der Waals surface area contributed by atoms with E-state index in [-0.39, 0.29) is 12.4 Å². The summed E-state index contributed by atoms with van der Waals surface area (Å²) < 4.78 is 5.99. The standard InChI is InChI=1S/C7H9BrN2O.ClH/c1-11-7-3-2-5(8)4-6(7)10-9;/h2-4,10H,9H2,1H3;1H. The Morgan fingerprint density at radius 2 is 2.17 bits per heavy atom. The average molecular weight is 254 g/mol. The number of nitrogens with two attached hydrogens (primary N) is 1. The number of halogens is 2. The van der Waals surface area contributed by atoms with E-state index < -0.39 is 0 Å². The minimum atomic E-state index is 0. The Morgan fingerprint density at radius 1 is 1.50 bits per heavy atom. The maximum atomic E-state index is 5.24. The van der Waals surface area contributed by atoms with E-state index in [1.54, 1.807) is 7.11 Å². The summed E-state index contributed by atoms with van der Waals surface area (Å²) in [5.74, 6) is 5.98. The molecule has 12 heavy (non-hydrogen) atoms. The number of nitrogen functional groups attached to an aromatic ring is 1. The highest BCUT2D eigenvalue weighted by molar-refractivity contribution is 9.10. The van der Waals surface area contributed by atoms with Crippen molar-refractivity contribution >= 4 is 34.0 Å². The summed E-state index contributed by atoms with van der Waals surface area (Å²) in [6.07, 6.45) is 0. The predicted octanol–water partition coefficient (Wildman–Crippen LogP) is 2.17. The van der Waals surface area contributed by atoms with Gasteiger partial charge in [0.05, 0.1) is 12.8 Å². The second-order valence-corrected chi connectivity index (χ2v) is 2.90. The van der Waals surface area contributed by atoms with Gasteiger partial charge in [0.25, 0.3) is 0 Å². The Balaban J connectivity index is 0.00000121. The quantitative estimate of drug-likeness (QED) is 0.627. The van der Waals surface area contributed by atoms with Gasteiger partial charge in [-0.25, -0.2) is 0 Å². The number of hydrogen-bond donors (Lipinski definition) is 2. The Morgan fingerprint density at radius 3 is 2.67 bits per heavy atom. The number of methoxy groups -OCH3 is 1. The second kappa shape index (κ2) is 5.24. The van der Waals surface area contributed by atoms with Crippen molar-refractivity contribution in [3.63, 3.8) is 0 Å². The van der Waals surface area contributed by atoms with Crippen molar-refractivity contribution in [2.75, 3.05) is 12.5 Å². The first-order valence-electron chi connectivity index (χ1n) is 3.08. The van der Waals surface area contributed by atoms with Crippen LogP contribution in [-0.4, -0.2) is 7.11 Å². The molecular weight excluding hydrogens is 243 g/mol. The molecule has 0 radical (unpaired) electrons. The first-order valence-corrected chi connectivity index (χ1v) is 3.87. The monoisotopic (exact) mass is 252 g/mol. The first-order chi connectivity index (χ1) is 5.27. The molecule has 0 atom stereocenters. The fourth-order valence-corrected chi connectivity index (χ4v) is 1.15. The molecule has 1 rings (SSSR count). The Bertz CT molecular complexity index is 257. The zero-order valence-electron chi connectivity index (χ0n) is 6.50. The molecule has 0 fully saturated rings. The van der Waals surface area contributed by atoms with Crippen LogP contribution in [0.2, 0.25) is 0 Å². The molecule has 0 aliphatic heterocycles. The van der Waals surface area contributed by atoms with Crippen LogP contribution in [0.25, 0.3) is 0 Å². The third-order valence-corrected chi connectivity index (χ3v) is 1.81. The molecule has 0 saturated heterocycles. The van der Waals surface area contributed by atoms with Gasteiger partial charge in [0.2, 0.25) is 0 Å². The minimum absolute atomic E-state index is 0. The van der Waals surface area contributed by atoms with Crippen LogP contribution in [0.3, 0.4) is 0 Å². The minimum Gasteiger partial charge on any atom is -0.495 e. The highest BCUT2D eigenvalue weighted by atomic mass is 79.9. The first kappa shape index (κ1) is 11.5. The van der Waals surface area contributed by atoms with E-state index in [1.165, 1.54) is 0 Å². The zero-order chi connectivity index (χ0) is 8.27. The molecule has 0 amide bonds. The van der Waals surface area contributed by atoms with E-state index in [9.17, 15) is 0 Å². The van der Waals surface area contributed by atoms with Crippen molar-refractivity contribution in [1.82, 2.24) is 0 Å². The van der Waals surface area contributed by atoms with Crippen LogP contribution in [0.15, 0.2) is 22.7 Å². The SMILES string of the molecule is COc1ccc(Br)cc1NN.Cl. The second-order valence-electron chi connectivity index (χ2n) is 1.99. The van der Waals surface area contributed by atoms with Crippen molar-refractivity contribution in [3.8, 4) is 5.75 Å². The fraction of sp³-hybridized carbons (Fsp3) is 0.143. The van der Waals surface area contributed by atoms with Gasteiger partial charge in [-0.1, -0.05) is 15.9 Å². The van der Waals surface area contributed by atoms with Gasteiger partial charge in [0.15, 0.2) is 0 Å². The highest BCUT2D eigenvalue weighted by Gasteiger charge is 1.99. The molecule has 0 heterocycles. The molecule has 0 saturated carbocycles. The molecule has 68 valence electrons. The molecule has 1 aromatic carbocycles. The molecule has 0 unspecified atom stereocenters. The van der Waals surface area contributed by atoms with Gasteiger partial charge < -0.3 is 10.2 Å². The van der Waals surface area contributed by atoms with Crippen LogP contribution >= 0.6 is 28.3 Å². The summed E-state index contributed by atoms with van der Waals surface area (Å²) in [4.78, 5) is 0. The van der Waals surface area contributed by atoms with Gasteiger partial charge in [0.1, 0.15) is 5.75 Å². The van der Waals surface area contributed by atoms with E-state index >= 15 is 0 Å². The largest absolute Gasteiger partial charge is 0.495 e. The molecule has 0 bridgehead atoms. The van der Waals surface area contributed by atoms with Crippen LogP contribution in [0, 0.1) is 0 Å². The van der Waals surface area contributed by atoms with Crippen LogP contribution in [0.1, 0.15) is 0 Å². The lowest BCUT2D eigenvalue weighted by atomic mass is 10.3. The molecule has 5 heteroatoms. The summed E-state index contributed by atoms with van der Waals surface area (Å²) in [6.45, 7) is 0.